The van der Waals surface area contributed by atoms with Crippen LogP contribution in [0.2, 0.25) is 0 Å². The number of hydrogen-bond donors (Lipinski definition) is 0. The zero-order valence-electron chi connectivity index (χ0n) is 9.23. The van der Waals surface area contributed by atoms with Gasteiger partial charge in [-0.3, -0.25) is 14.4 Å². The maximum Gasteiger partial charge on any atom is 0.190 e. The van der Waals surface area contributed by atoms with Crippen LogP contribution in [0.5, 0.6) is 0 Å². The highest BCUT2D eigenvalue weighted by atomic mass is 32.2. The van der Waals surface area contributed by atoms with Crippen LogP contribution in [-0.4, -0.2) is 22.4 Å². The van der Waals surface area contributed by atoms with Gasteiger partial charge in [0.1, 0.15) is 0 Å². The lowest BCUT2D eigenvalue weighted by atomic mass is 9.90. The van der Waals surface area contributed by atoms with Crippen LogP contribution in [0.25, 0.3) is 0 Å². The first-order valence-electron chi connectivity index (χ1n) is 5.11. The smallest absolute Gasteiger partial charge is 0.190 e. The molecule has 0 fully saturated rings. The summed E-state index contributed by atoms with van der Waals surface area (Å²) in [4.78, 5) is 34.7. The highest BCUT2D eigenvalue weighted by Crippen LogP contribution is 2.23. The Kier molecular flexibility index (Phi) is 3.24. The molecular weight excluding hydrogens is 236 g/mol. The average molecular weight is 246 g/mol. The number of rotatable bonds is 2. The Morgan fingerprint density at radius 1 is 1.18 bits per heavy atom. The van der Waals surface area contributed by atoms with Crippen LogP contribution in [-0.2, 0) is 4.79 Å². The molecule has 1 aromatic carbocycles. The predicted molar refractivity (Wildman–Crippen MR) is 66.3 cm³/mol. The molecule has 0 N–H and O–H groups in total. The molecular formula is C13H10O3S. The molecule has 0 radical (unpaired) electrons. The van der Waals surface area contributed by atoms with Crippen molar-refractivity contribution < 1.29 is 14.4 Å². The maximum atomic E-state index is 12.0. The summed E-state index contributed by atoms with van der Waals surface area (Å²) >= 11 is 1.04. The molecule has 0 spiro atoms. The molecule has 0 atom stereocenters. The fourth-order valence-electron chi connectivity index (χ4n) is 1.66. The van der Waals surface area contributed by atoms with E-state index < -0.39 is 0 Å². The molecule has 0 bridgehead atoms. The van der Waals surface area contributed by atoms with Gasteiger partial charge < -0.3 is 0 Å². The van der Waals surface area contributed by atoms with Crippen molar-refractivity contribution in [1.82, 2.24) is 0 Å². The fraction of sp³-hybridized carbons (Fsp3) is 0.154. The van der Waals surface area contributed by atoms with Crippen LogP contribution < -0.4 is 0 Å². The van der Waals surface area contributed by atoms with E-state index in [0.717, 1.165) is 11.8 Å². The Morgan fingerprint density at radius 3 is 2.47 bits per heavy atom. The van der Waals surface area contributed by atoms with E-state index in [1.807, 2.05) is 0 Å². The molecule has 0 saturated carbocycles. The van der Waals surface area contributed by atoms with Crippen LogP contribution in [0.4, 0.5) is 0 Å². The number of thioether (sulfide) groups is 1. The third kappa shape index (κ3) is 2.36. The van der Waals surface area contributed by atoms with Gasteiger partial charge in [0, 0.05) is 29.4 Å². The topological polar surface area (TPSA) is 51.2 Å². The van der Waals surface area contributed by atoms with Crippen molar-refractivity contribution in [2.24, 2.45) is 0 Å². The summed E-state index contributed by atoms with van der Waals surface area (Å²) in [5.74, 6) is -0.0675. The third-order valence-corrected chi connectivity index (χ3v) is 3.33. The SMILES string of the molecule is CC(=O)SCC1=CC(=O)c2ccccc2C1=O. The molecule has 0 amide bonds. The van der Waals surface area contributed by atoms with E-state index in [1.165, 1.54) is 13.0 Å². The van der Waals surface area contributed by atoms with Gasteiger partial charge in [0.05, 0.1) is 0 Å². The van der Waals surface area contributed by atoms with Gasteiger partial charge in [0.2, 0.25) is 0 Å². The van der Waals surface area contributed by atoms with E-state index in [0.29, 0.717) is 16.7 Å². The van der Waals surface area contributed by atoms with Gasteiger partial charge in [0.25, 0.3) is 0 Å². The van der Waals surface area contributed by atoms with Crippen molar-refractivity contribution in [3.8, 4) is 0 Å². The molecule has 0 aliphatic heterocycles. The minimum atomic E-state index is -0.167. The molecule has 0 heterocycles. The highest BCUT2D eigenvalue weighted by molar-refractivity contribution is 8.13. The Morgan fingerprint density at radius 2 is 1.82 bits per heavy atom. The first-order valence-corrected chi connectivity index (χ1v) is 6.10. The summed E-state index contributed by atoms with van der Waals surface area (Å²) in [5.41, 5.74) is 1.27. The molecule has 1 aromatic rings. The largest absolute Gasteiger partial charge is 0.289 e. The number of allylic oxidation sites excluding steroid dienone is 1. The van der Waals surface area contributed by atoms with Crippen molar-refractivity contribution in [3.63, 3.8) is 0 Å². The molecule has 2 rings (SSSR count). The second-order valence-electron chi connectivity index (χ2n) is 3.69. The van der Waals surface area contributed by atoms with E-state index in [1.54, 1.807) is 24.3 Å². The molecule has 3 nitrogen and oxygen atoms in total. The Labute approximate surface area is 103 Å². The number of fused-ring (bicyclic) bond motifs is 1. The van der Waals surface area contributed by atoms with E-state index in [2.05, 4.69) is 0 Å². The monoisotopic (exact) mass is 246 g/mol. The van der Waals surface area contributed by atoms with Crippen molar-refractivity contribution in [1.29, 1.82) is 0 Å². The van der Waals surface area contributed by atoms with E-state index in [4.69, 9.17) is 0 Å². The van der Waals surface area contributed by atoms with Crippen molar-refractivity contribution in [2.75, 3.05) is 5.75 Å². The Hall–Kier alpha value is -1.68. The minimum absolute atomic E-state index is 0.0648. The van der Waals surface area contributed by atoms with Crippen molar-refractivity contribution >= 4 is 28.4 Å². The lowest BCUT2D eigenvalue weighted by Gasteiger charge is -2.13. The molecule has 17 heavy (non-hydrogen) atoms. The fourth-order valence-corrected chi connectivity index (χ4v) is 2.23. The molecule has 1 aliphatic rings. The molecule has 0 saturated heterocycles. The van der Waals surface area contributed by atoms with Gasteiger partial charge >= 0.3 is 0 Å². The summed E-state index contributed by atoms with van der Waals surface area (Å²) < 4.78 is 0. The number of hydrogen-bond acceptors (Lipinski definition) is 4. The van der Waals surface area contributed by atoms with E-state index in [-0.39, 0.29) is 22.4 Å². The van der Waals surface area contributed by atoms with Crippen molar-refractivity contribution in [2.45, 2.75) is 6.92 Å². The standard InChI is InChI=1S/C13H10O3S/c1-8(14)17-7-9-6-12(15)10-4-2-3-5-11(10)13(9)16/h2-6H,7H2,1H3. The van der Waals surface area contributed by atoms with Crippen LogP contribution in [0, 0.1) is 0 Å². The van der Waals surface area contributed by atoms with Gasteiger partial charge in [-0.25, -0.2) is 0 Å². The highest BCUT2D eigenvalue weighted by Gasteiger charge is 2.24. The lowest BCUT2D eigenvalue weighted by Crippen LogP contribution is -2.18. The number of Topliss-reactive ketones (excluding diaryl/α,β-unsaturated/α-hetero) is 1. The molecule has 4 heteroatoms. The van der Waals surface area contributed by atoms with Gasteiger partial charge in [-0.2, -0.15) is 0 Å². The first kappa shape index (κ1) is 11.8. The predicted octanol–water partition coefficient (Wildman–Crippen LogP) is 2.27. The van der Waals surface area contributed by atoms with Gasteiger partial charge in [-0.15, -0.1) is 0 Å². The molecule has 86 valence electrons. The van der Waals surface area contributed by atoms with Crippen LogP contribution in [0.3, 0.4) is 0 Å². The number of benzene rings is 1. The summed E-state index contributed by atoms with van der Waals surface area (Å²) in [6.07, 6.45) is 1.33. The zero-order chi connectivity index (χ0) is 12.4. The number of carbonyl (C=O) groups is 3. The third-order valence-electron chi connectivity index (χ3n) is 2.47. The summed E-state index contributed by atoms with van der Waals surface area (Å²) in [6, 6.07) is 6.74. The summed E-state index contributed by atoms with van der Waals surface area (Å²) in [5, 5.41) is -0.0648. The van der Waals surface area contributed by atoms with Crippen molar-refractivity contribution in [3.05, 3.63) is 47.0 Å². The molecule has 0 unspecified atom stereocenters. The zero-order valence-corrected chi connectivity index (χ0v) is 10.0. The van der Waals surface area contributed by atoms with Crippen LogP contribution in [0.1, 0.15) is 27.6 Å². The van der Waals surface area contributed by atoms with E-state index >= 15 is 0 Å². The maximum absolute atomic E-state index is 12.0. The lowest BCUT2D eigenvalue weighted by molar-refractivity contribution is -0.109. The Bertz CT molecular complexity index is 543. The quantitative estimate of drug-likeness (QED) is 0.803. The van der Waals surface area contributed by atoms with E-state index in [9.17, 15) is 14.4 Å². The molecule has 0 aromatic heterocycles. The summed E-state index contributed by atoms with van der Waals surface area (Å²) in [6.45, 7) is 1.44. The van der Waals surface area contributed by atoms with Gasteiger partial charge in [-0.05, 0) is 6.08 Å². The number of carbonyl (C=O) groups excluding carboxylic acids is 3. The Balaban J connectivity index is 2.32. The average Bonchev–Trinajstić information content (AvgIpc) is 2.32. The number of ketones is 2. The second kappa shape index (κ2) is 4.67. The summed E-state index contributed by atoms with van der Waals surface area (Å²) in [7, 11) is 0. The second-order valence-corrected chi connectivity index (χ2v) is 4.84. The van der Waals surface area contributed by atoms with Crippen LogP contribution in [0.15, 0.2) is 35.9 Å². The van der Waals surface area contributed by atoms with Crippen LogP contribution >= 0.6 is 11.8 Å². The minimum Gasteiger partial charge on any atom is -0.289 e. The van der Waals surface area contributed by atoms with Gasteiger partial charge in [-0.1, -0.05) is 36.0 Å². The normalized spacial score (nSPS) is 14.3. The van der Waals surface area contributed by atoms with Gasteiger partial charge in [0.15, 0.2) is 16.7 Å². The molecule has 1 aliphatic carbocycles. The first-order chi connectivity index (χ1) is 8.09.